The molecule has 0 amide bonds. The molecule has 0 aliphatic carbocycles. The van der Waals surface area contributed by atoms with Gasteiger partial charge in [-0.25, -0.2) is 0 Å². The standard InChI is InChI=1S/C25H25NO3/c1-18-10-12-21(13-11-18)25(29)23-9-5-15-26(23)14-4-7-20-6-3-8-22(17-20)19(2)16-24(27)28/h3-13,15,17,19H,14,16H2,1-2H3,(H,27,28)/b7-4+. The molecular formula is C25H25NO3. The largest absolute Gasteiger partial charge is 0.481 e. The Kier molecular flexibility index (Phi) is 6.45. The number of allylic oxidation sites excluding steroid dienone is 1. The topological polar surface area (TPSA) is 59.3 Å². The molecule has 0 radical (unpaired) electrons. The maximum atomic E-state index is 12.8. The van der Waals surface area contributed by atoms with Crippen LogP contribution in [0, 0.1) is 6.92 Å². The van der Waals surface area contributed by atoms with E-state index in [-0.39, 0.29) is 18.1 Å². The first-order valence-electron chi connectivity index (χ1n) is 9.69. The summed E-state index contributed by atoms with van der Waals surface area (Å²) in [5.41, 5.74) is 4.48. The van der Waals surface area contributed by atoms with Crippen LogP contribution < -0.4 is 0 Å². The first kappa shape index (κ1) is 20.3. The van der Waals surface area contributed by atoms with Crippen LogP contribution in [0.3, 0.4) is 0 Å². The summed E-state index contributed by atoms with van der Waals surface area (Å²) in [5, 5.41) is 8.98. The molecule has 4 heteroatoms. The molecule has 29 heavy (non-hydrogen) atoms. The van der Waals surface area contributed by atoms with Crippen LogP contribution in [-0.2, 0) is 11.3 Å². The Morgan fingerprint density at radius 3 is 2.55 bits per heavy atom. The van der Waals surface area contributed by atoms with Crippen molar-refractivity contribution in [3.8, 4) is 0 Å². The van der Waals surface area contributed by atoms with Gasteiger partial charge in [0.1, 0.15) is 0 Å². The third kappa shape index (κ3) is 5.32. The Labute approximate surface area is 171 Å². The zero-order valence-corrected chi connectivity index (χ0v) is 16.7. The summed E-state index contributed by atoms with van der Waals surface area (Å²) >= 11 is 0. The fourth-order valence-corrected chi connectivity index (χ4v) is 3.28. The highest BCUT2D eigenvalue weighted by molar-refractivity contribution is 6.08. The second-order valence-corrected chi connectivity index (χ2v) is 7.31. The van der Waals surface area contributed by atoms with E-state index < -0.39 is 5.97 Å². The van der Waals surface area contributed by atoms with E-state index in [9.17, 15) is 9.59 Å². The first-order valence-corrected chi connectivity index (χ1v) is 9.69. The zero-order valence-electron chi connectivity index (χ0n) is 16.7. The van der Waals surface area contributed by atoms with Crippen molar-refractivity contribution in [2.24, 2.45) is 0 Å². The van der Waals surface area contributed by atoms with Gasteiger partial charge < -0.3 is 9.67 Å². The number of hydrogen-bond donors (Lipinski definition) is 1. The molecule has 1 unspecified atom stereocenters. The van der Waals surface area contributed by atoms with Crippen LogP contribution in [0.5, 0.6) is 0 Å². The molecular weight excluding hydrogens is 362 g/mol. The average molecular weight is 387 g/mol. The highest BCUT2D eigenvalue weighted by Gasteiger charge is 2.13. The number of carboxylic acids is 1. The Morgan fingerprint density at radius 1 is 1.07 bits per heavy atom. The molecule has 1 aromatic heterocycles. The third-order valence-corrected chi connectivity index (χ3v) is 4.95. The van der Waals surface area contributed by atoms with Crippen molar-refractivity contribution in [3.05, 3.63) is 101 Å². The van der Waals surface area contributed by atoms with Gasteiger partial charge in [0.25, 0.3) is 0 Å². The zero-order chi connectivity index (χ0) is 20.8. The van der Waals surface area contributed by atoms with Crippen molar-refractivity contribution in [1.82, 2.24) is 4.57 Å². The van der Waals surface area contributed by atoms with Gasteiger partial charge in [-0.05, 0) is 36.1 Å². The first-order chi connectivity index (χ1) is 13.9. The Balaban J connectivity index is 1.70. The number of ketones is 1. The number of aromatic nitrogens is 1. The van der Waals surface area contributed by atoms with E-state index >= 15 is 0 Å². The number of hydrogen-bond acceptors (Lipinski definition) is 2. The van der Waals surface area contributed by atoms with E-state index in [0.717, 1.165) is 16.7 Å². The van der Waals surface area contributed by atoms with Gasteiger partial charge in [-0.15, -0.1) is 0 Å². The minimum Gasteiger partial charge on any atom is -0.481 e. The van der Waals surface area contributed by atoms with E-state index in [4.69, 9.17) is 5.11 Å². The van der Waals surface area contributed by atoms with E-state index in [1.165, 1.54) is 0 Å². The van der Waals surface area contributed by atoms with Crippen molar-refractivity contribution in [2.45, 2.75) is 32.7 Å². The predicted molar refractivity (Wildman–Crippen MR) is 115 cm³/mol. The molecule has 0 aliphatic rings. The molecule has 0 saturated carbocycles. The van der Waals surface area contributed by atoms with Gasteiger partial charge in [0.05, 0.1) is 12.1 Å². The number of carbonyl (C=O) groups excluding carboxylic acids is 1. The maximum absolute atomic E-state index is 12.8. The highest BCUT2D eigenvalue weighted by Crippen LogP contribution is 2.20. The molecule has 0 aliphatic heterocycles. The Morgan fingerprint density at radius 2 is 1.83 bits per heavy atom. The second-order valence-electron chi connectivity index (χ2n) is 7.31. The van der Waals surface area contributed by atoms with E-state index in [0.29, 0.717) is 17.8 Å². The number of benzene rings is 2. The molecule has 2 aromatic carbocycles. The van der Waals surface area contributed by atoms with E-state index in [1.807, 2.05) is 97.4 Å². The fraction of sp³-hybridized carbons (Fsp3) is 0.200. The van der Waals surface area contributed by atoms with E-state index in [2.05, 4.69) is 0 Å². The highest BCUT2D eigenvalue weighted by atomic mass is 16.4. The molecule has 1 heterocycles. The van der Waals surface area contributed by atoms with Crippen LogP contribution in [0.1, 0.15) is 52.0 Å². The van der Waals surface area contributed by atoms with Crippen LogP contribution in [0.25, 0.3) is 6.08 Å². The monoisotopic (exact) mass is 387 g/mol. The summed E-state index contributed by atoms with van der Waals surface area (Å²) in [6.45, 7) is 4.49. The summed E-state index contributed by atoms with van der Waals surface area (Å²) in [4.78, 5) is 23.7. The lowest BCUT2D eigenvalue weighted by molar-refractivity contribution is -0.137. The molecule has 4 nitrogen and oxygen atoms in total. The Hall–Kier alpha value is -3.40. The van der Waals surface area contributed by atoms with E-state index in [1.54, 1.807) is 0 Å². The van der Waals surface area contributed by atoms with Crippen LogP contribution >= 0.6 is 0 Å². The normalized spacial score (nSPS) is 12.2. The molecule has 1 N–H and O–H groups in total. The maximum Gasteiger partial charge on any atom is 0.303 e. The van der Waals surface area contributed by atoms with Gasteiger partial charge in [-0.3, -0.25) is 9.59 Å². The van der Waals surface area contributed by atoms with Crippen molar-refractivity contribution in [3.63, 3.8) is 0 Å². The van der Waals surface area contributed by atoms with Crippen molar-refractivity contribution < 1.29 is 14.7 Å². The van der Waals surface area contributed by atoms with Gasteiger partial charge in [-0.1, -0.05) is 73.2 Å². The SMILES string of the molecule is Cc1ccc(C(=O)c2cccn2C/C=C/c2cccc(C(C)CC(=O)O)c2)cc1. The molecule has 3 aromatic rings. The minimum atomic E-state index is -0.795. The lowest BCUT2D eigenvalue weighted by Crippen LogP contribution is -2.09. The fourth-order valence-electron chi connectivity index (χ4n) is 3.28. The Bertz CT molecular complexity index is 1030. The van der Waals surface area contributed by atoms with Gasteiger partial charge in [-0.2, -0.15) is 0 Å². The van der Waals surface area contributed by atoms with Crippen molar-refractivity contribution >= 4 is 17.8 Å². The van der Waals surface area contributed by atoms with Crippen LogP contribution in [-0.4, -0.2) is 21.4 Å². The van der Waals surface area contributed by atoms with Crippen LogP contribution in [0.2, 0.25) is 0 Å². The summed E-state index contributed by atoms with van der Waals surface area (Å²) in [6.07, 6.45) is 6.02. The van der Waals surface area contributed by atoms with Crippen LogP contribution in [0.15, 0.2) is 72.9 Å². The van der Waals surface area contributed by atoms with Crippen LogP contribution in [0.4, 0.5) is 0 Å². The number of aliphatic carboxylic acids is 1. The predicted octanol–water partition coefficient (Wildman–Crippen LogP) is 5.32. The molecule has 0 spiro atoms. The number of carbonyl (C=O) groups is 2. The third-order valence-electron chi connectivity index (χ3n) is 4.95. The molecule has 0 saturated heterocycles. The van der Waals surface area contributed by atoms with Gasteiger partial charge in [0.15, 0.2) is 0 Å². The molecule has 1 atom stereocenters. The smallest absolute Gasteiger partial charge is 0.303 e. The van der Waals surface area contributed by atoms with Crippen molar-refractivity contribution in [2.75, 3.05) is 0 Å². The molecule has 148 valence electrons. The molecule has 0 fully saturated rings. The number of nitrogens with zero attached hydrogens (tertiary/aromatic N) is 1. The van der Waals surface area contributed by atoms with Crippen molar-refractivity contribution in [1.29, 1.82) is 0 Å². The average Bonchev–Trinajstić information content (AvgIpc) is 3.16. The summed E-state index contributed by atoms with van der Waals surface area (Å²) in [7, 11) is 0. The summed E-state index contributed by atoms with van der Waals surface area (Å²) in [5.74, 6) is -0.825. The number of rotatable bonds is 8. The summed E-state index contributed by atoms with van der Waals surface area (Å²) < 4.78 is 1.93. The molecule has 3 rings (SSSR count). The molecule has 0 bridgehead atoms. The van der Waals surface area contributed by atoms with Gasteiger partial charge in [0, 0.05) is 18.3 Å². The number of aryl methyl sites for hydroxylation is 1. The van der Waals surface area contributed by atoms with Gasteiger partial charge in [0.2, 0.25) is 5.78 Å². The second kappa shape index (κ2) is 9.20. The minimum absolute atomic E-state index is 0.00731. The quantitative estimate of drug-likeness (QED) is 0.532. The lowest BCUT2D eigenvalue weighted by Gasteiger charge is -2.10. The summed E-state index contributed by atoms with van der Waals surface area (Å²) in [6, 6.07) is 19.2. The lowest BCUT2D eigenvalue weighted by atomic mass is 9.96. The number of carboxylic acid groups (broad SMARTS) is 1. The van der Waals surface area contributed by atoms with Gasteiger partial charge >= 0.3 is 5.97 Å².